The zero-order valence-corrected chi connectivity index (χ0v) is 10.4. The molecule has 0 saturated carbocycles. The summed E-state index contributed by atoms with van der Waals surface area (Å²) in [6.07, 6.45) is 0. The number of hydrogen-bond acceptors (Lipinski definition) is 4. The summed E-state index contributed by atoms with van der Waals surface area (Å²) < 4.78 is 13.9. The summed E-state index contributed by atoms with van der Waals surface area (Å²) in [6.45, 7) is 1.94. The van der Waals surface area contributed by atoms with Crippen molar-refractivity contribution in [3.8, 4) is 12.1 Å². The summed E-state index contributed by atoms with van der Waals surface area (Å²) in [7, 11) is 1.74. The number of benzene rings is 1. The first-order chi connectivity index (χ1) is 8.65. The Morgan fingerprint density at radius 1 is 1.33 bits per heavy atom. The van der Waals surface area contributed by atoms with Crippen LogP contribution in [0.2, 0.25) is 0 Å². The lowest BCUT2D eigenvalue weighted by Crippen LogP contribution is -2.27. The Morgan fingerprint density at radius 3 is 2.44 bits per heavy atom. The largest absolute Gasteiger partial charge is 0.345 e. The molecule has 0 heterocycles. The third kappa shape index (κ3) is 2.97. The van der Waals surface area contributed by atoms with Crippen LogP contribution < -0.4 is 10.2 Å². The second kappa shape index (κ2) is 6.58. The first kappa shape index (κ1) is 14.0. The van der Waals surface area contributed by atoms with E-state index >= 15 is 0 Å². The first-order valence-corrected chi connectivity index (χ1v) is 5.60. The Balaban J connectivity index is 3.25. The minimum absolute atomic E-state index is 0.0560. The van der Waals surface area contributed by atoms with Crippen LogP contribution >= 0.6 is 0 Å². The molecule has 1 aromatic carbocycles. The highest BCUT2D eigenvalue weighted by atomic mass is 19.1. The van der Waals surface area contributed by atoms with Crippen LogP contribution in [0.15, 0.2) is 18.2 Å². The van der Waals surface area contributed by atoms with Crippen molar-refractivity contribution in [1.82, 2.24) is 5.32 Å². The Labute approximate surface area is 106 Å². The van der Waals surface area contributed by atoms with Gasteiger partial charge in [0.25, 0.3) is 0 Å². The predicted molar refractivity (Wildman–Crippen MR) is 67.3 cm³/mol. The molecule has 18 heavy (non-hydrogen) atoms. The van der Waals surface area contributed by atoms with E-state index in [0.29, 0.717) is 11.3 Å². The number of nitrogens with zero attached hydrogens (tertiary/aromatic N) is 3. The molecule has 1 aromatic rings. The van der Waals surface area contributed by atoms with Crippen molar-refractivity contribution in [3.63, 3.8) is 0 Å². The van der Waals surface area contributed by atoms with E-state index in [2.05, 4.69) is 5.32 Å². The zero-order valence-electron chi connectivity index (χ0n) is 10.4. The van der Waals surface area contributed by atoms with Gasteiger partial charge in [0.05, 0.1) is 12.1 Å². The molecule has 1 N–H and O–H groups in total. The van der Waals surface area contributed by atoms with Gasteiger partial charge in [0.1, 0.15) is 18.9 Å². The molecule has 1 unspecified atom stereocenters. The van der Waals surface area contributed by atoms with Gasteiger partial charge in [-0.3, -0.25) is 0 Å². The molecule has 0 spiro atoms. The van der Waals surface area contributed by atoms with Crippen LogP contribution in [0.25, 0.3) is 0 Å². The molecular formula is C13H15FN4. The van der Waals surface area contributed by atoms with Crippen LogP contribution in [0.1, 0.15) is 18.5 Å². The lowest BCUT2D eigenvalue weighted by Gasteiger charge is -2.24. The smallest absolute Gasteiger partial charge is 0.130 e. The van der Waals surface area contributed by atoms with E-state index in [4.69, 9.17) is 10.5 Å². The van der Waals surface area contributed by atoms with E-state index in [9.17, 15) is 4.39 Å². The van der Waals surface area contributed by atoms with Gasteiger partial charge in [-0.15, -0.1) is 0 Å². The lowest BCUT2D eigenvalue weighted by molar-refractivity contribution is 0.561. The Hall–Kier alpha value is -2.11. The molecule has 0 saturated heterocycles. The van der Waals surface area contributed by atoms with Crippen LogP contribution in [0.3, 0.4) is 0 Å². The van der Waals surface area contributed by atoms with Gasteiger partial charge < -0.3 is 10.2 Å². The SMILES string of the molecule is CNC(C)c1c(F)cccc1N(CC#N)CC#N. The molecule has 0 amide bonds. The highest BCUT2D eigenvalue weighted by molar-refractivity contribution is 5.56. The molecule has 0 bridgehead atoms. The van der Waals surface area contributed by atoms with Crippen molar-refractivity contribution in [2.45, 2.75) is 13.0 Å². The second-order valence-corrected chi connectivity index (χ2v) is 3.86. The van der Waals surface area contributed by atoms with Crippen molar-refractivity contribution in [1.29, 1.82) is 10.5 Å². The van der Waals surface area contributed by atoms with Gasteiger partial charge in [0.2, 0.25) is 0 Å². The van der Waals surface area contributed by atoms with Crippen molar-refractivity contribution < 1.29 is 4.39 Å². The van der Waals surface area contributed by atoms with Gasteiger partial charge in [-0.05, 0) is 26.1 Å². The summed E-state index contributed by atoms with van der Waals surface area (Å²) in [6, 6.07) is 8.46. The van der Waals surface area contributed by atoms with Crippen molar-refractivity contribution in [3.05, 3.63) is 29.6 Å². The average molecular weight is 246 g/mol. The topological polar surface area (TPSA) is 62.9 Å². The van der Waals surface area contributed by atoms with Crippen molar-refractivity contribution in [2.75, 3.05) is 25.0 Å². The molecule has 0 fully saturated rings. The molecule has 0 aliphatic heterocycles. The quantitative estimate of drug-likeness (QED) is 0.807. The minimum atomic E-state index is -0.338. The minimum Gasteiger partial charge on any atom is -0.345 e. The van der Waals surface area contributed by atoms with Gasteiger partial charge in [-0.1, -0.05) is 6.07 Å². The average Bonchev–Trinajstić information content (AvgIpc) is 2.37. The molecule has 5 heteroatoms. The summed E-state index contributed by atoms with van der Waals surface area (Å²) in [5.41, 5.74) is 1.06. The van der Waals surface area contributed by atoms with E-state index in [1.807, 2.05) is 19.1 Å². The van der Waals surface area contributed by atoms with Crippen LogP contribution in [0, 0.1) is 28.5 Å². The molecule has 0 aromatic heterocycles. The van der Waals surface area contributed by atoms with Crippen LogP contribution in [0.5, 0.6) is 0 Å². The molecule has 1 rings (SSSR count). The summed E-state index contributed by atoms with van der Waals surface area (Å²) in [5.74, 6) is -0.338. The van der Waals surface area contributed by atoms with Gasteiger partial charge in [-0.25, -0.2) is 4.39 Å². The highest BCUT2D eigenvalue weighted by Gasteiger charge is 2.18. The number of hydrogen-bond donors (Lipinski definition) is 1. The maximum atomic E-state index is 13.9. The van der Waals surface area contributed by atoms with Gasteiger partial charge in [0.15, 0.2) is 0 Å². The van der Waals surface area contributed by atoms with Gasteiger partial charge in [-0.2, -0.15) is 10.5 Å². The van der Waals surface area contributed by atoms with Gasteiger partial charge in [0, 0.05) is 17.3 Å². The predicted octanol–water partition coefficient (Wildman–Crippen LogP) is 1.96. The number of halogens is 1. The lowest BCUT2D eigenvalue weighted by atomic mass is 10.0. The Bertz CT molecular complexity index is 471. The first-order valence-electron chi connectivity index (χ1n) is 5.60. The maximum Gasteiger partial charge on any atom is 0.130 e. The fraction of sp³-hybridized carbons (Fsp3) is 0.385. The molecule has 0 aliphatic carbocycles. The van der Waals surface area contributed by atoms with E-state index in [-0.39, 0.29) is 24.9 Å². The molecule has 0 aliphatic rings. The number of nitrogens with one attached hydrogen (secondary N) is 1. The number of nitriles is 2. The van der Waals surface area contributed by atoms with E-state index < -0.39 is 0 Å². The molecule has 1 atom stereocenters. The standard InChI is InChI=1S/C13H15FN4/c1-10(17-2)13-11(14)4-3-5-12(13)18(8-6-15)9-7-16/h3-5,10,17H,8-9H2,1-2H3. The Morgan fingerprint density at radius 2 is 1.94 bits per heavy atom. The van der Waals surface area contributed by atoms with Crippen molar-refractivity contribution in [2.24, 2.45) is 0 Å². The van der Waals surface area contributed by atoms with Crippen LogP contribution in [0.4, 0.5) is 10.1 Å². The molecule has 4 nitrogen and oxygen atoms in total. The fourth-order valence-electron chi connectivity index (χ4n) is 1.77. The van der Waals surface area contributed by atoms with E-state index in [0.717, 1.165) is 0 Å². The van der Waals surface area contributed by atoms with E-state index in [1.54, 1.807) is 24.1 Å². The van der Waals surface area contributed by atoms with Crippen LogP contribution in [-0.4, -0.2) is 20.1 Å². The van der Waals surface area contributed by atoms with Crippen LogP contribution in [-0.2, 0) is 0 Å². The summed E-state index contributed by atoms with van der Waals surface area (Å²) in [5, 5.41) is 20.5. The third-order valence-electron chi connectivity index (χ3n) is 2.76. The normalized spacial score (nSPS) is 11.4. The fourth-order valence-corrected chi connectivity index (χ4v) is 1.77. The van der Waals surface area contributed by atoms with Gasteiger partial charge >= 0.3 is 0 Å². The third-order valence-corrected chi connectivity index (χ3v) is 2.76. The monoisotopic (exact) mass is 246 g/mol. The molecular weight excluding hydrogens is 231 g/mol. The number of anilines is 1. The Kier molecular flexibility index (Phi) is 5.10. The maximum absolute atomic E-state index is 13.9. The zero-order chi connectivity index (χ0) is 13.5. The summed E-state index contributed by atoms with van der Waals surface area (Å²) >= 11 is 0. The summed E-state index contributed by atoms with van der Waals surface area (Å²) in [4.78, 5) is 1.56. The van der Waals surface area contributed by atoms with Crippen molar-refractivity contribution >= 4 is 5.69 Å². The molecule has 94 valence electrons. The van der Waals surface area contributed by atoms with E-state index in [1.165, 1.54) is 6.07 Å². The highest BCUT2D eigenvalue weighted by Crippen LogP contribution is 2.28. The second-order valence-electron chi connectivity index (χ2n) is 3.86. The number of rotatable bonds is 5. The molecule has 0 radical (unpaired) electrons.